The zero-order valence-corrected chi connectivity index (χ0v) is 25.3. The van der Waals surface area contributed by atoms with Crippen molar-refractivity contribution in [3.05, 3.63) is 88.4 Å². The number of carbonyl (C=O) groups is 2. The van der Waals surface area contributed by atoms with E-state index < -0.39 is 28.5 Å². The molecule has 1 unspecified atom stereocenters. The smallest absolute Gasteiger partial charge is 0.264 e. The van der Waals surface area contributed by atoms with Gasteiger partial charge in [-0.15, -0.1) is 0 Å². The van der Waals surface area contributed by atoms with Gasteiger partial charge in [-0.2, -0.15) is 0 Å². The monoisotopic (exact) mass is 617 g/mol. The van der Waals surface area contributed by atoms with Crippen molar-refractivity contribution in [3.63, 3.8) is 0 Å². The van der Waals surface area contributed by atoms with Crippen LogP contribution < -0.4 is 14.4 Å². The van der Waals surface area contributed by atoms with Gasteiger partial charge in [-0.25, -0.2) is 8.42 Å². The molecule has 0 spiro atoms. The second kappa shape index (κ2) is 13.6. The van der Waals surface area contributed by atoms with Crippen molar-refractivity contribution in [1.82, 2.24) is 10.2 Å². The summed E-state index contributed by atoms with van der Waals surface area (Å²) in [4.78, 5) is 28.8. The van der Waals surface area contributed by atoms with Gasteiger partial charge in [0.2, 0.25) is 11.8 Å². The van der Waals surface area contributed by atoms with Crippen LogP contribution in [0.25, 0.3) is 0 Å². The van der Waals surface area contributed by atoms with Gasteiger partial charge < -0.3 is 15.0 Å². The molecule has 218 valence electrons. The molecule has 8 nitrogen and oxygen atoms in total. The summed E-state index contributed by atoms with van der Waals surface area (Å²) in [5, 5.41) is 3.70. The van der Waals surface area contributed by atoms with Gasteiger partial charge >= 0.3 is 0 Å². The highest BCUT2D eigenvalue weighted by molar-refractivity contribution is 7.92. The first-order valence-corrected chi connectivity index (χ1v) is 15.6. The van der Waals surface area contributed by atoms with E-state index in [-0.39, 0.29) is 34.8 Å². The Morgan fingerprint density at radius 1 is 0.951 bits per heavy atom. The topological polar surface area (TPSA) is 96.0 Å². The summed E-state index contributed by atoms with van der Waals surface area (Å²) in [6, 6.07) is 18.5. The molecule has 0 aliphatic heterocycles. The molecule has 1 aliphatic rings. The summed E-state index contributed by atoms with van der Waals surface area (Å²) >= 11 is 12.9. The predicted octanol–water partition coefficient (Wildman–Crippen LogP) is 5.67. The number of benzene rings is 3. The van der Waals surface area contributed by atoms with Crippen molar-refractivity contribution in [2.24, 2.45) is 0 Å². The Hall–Kier alpha value is -3.27. The SMILES string of the molecule is COc1ccccc1N(CC(=O)N(Cc1c(Cl)cccc1Cl)C(C)C(=O)NC1CCCC1)S(=O)(=O)c1ccccc1. The van der Waals surface area contributed by atoms with Crippen molar-refractivity contribution >= 4 is 50.7 Å². The van der Waals surface area contributed by atoms with Crippen LogP contribution in [0.1, 0.15) is 38.2 Å². The summed E-state index contributed by atoms with van der Waals surface area (Å²) < 4.78 is 34.3. The van der Waals surface area contributed by atoms with E-state index in [0.29, 0.717) is 15.6 Å². The minimum atomic E-state index is -4.22. The van der Waals surface area contributed by atoms with Gasteiger partial charge in [0.15, 0.2) is 0 Å². The fourth-order valence-corrected chi connectivity index (χ4v) is 6.86. The fourth-order valence-electron chi connectivity index (χ4n) is 4.90. The number of methoxy groups -OCH3 is 1. The Labute approximate surface area is 251 Å². The average molecular weight is 619 g/mol. The lowest BCUT2D eigenvalue weighted by Gasteiger charge is -2.33. The number of hydrogen-bond acceptors (Lipinski definition) is 5. The molecule has 1 fully saturated rings. The highest BCUT2D eigenvalue weighted by atomic mass is 35.5. The Morgan fingerprint density at radius 3 is 2.20 bits per heavy atom. The third-order valence-electron chi connectivity index (χ3n) is 7.22. The van der Waals surface area contributed by atoms with Crippen molar-refractivity contribution in [2.45, 2.75) is 56.1 Å². The number of para-hydroxylation sites is 2. The second-order valence-electron chi connectivity index (χ2n) is 9.88. The number of anilines is 1. The lowest BCUT2D eigenvalue weighted by molar-refractivity contribution is -0.139. The summed E-state index contributed by atoms with van der Waals surface area (Å²) in [7, 11) is -2.79. The quantitative estimate of drug-likeness (QED) is 0.299. The number of hydrogen-bond donors (Lipinski definition) is 1. The molecule has 0 bridgehead atoms. The zero-order valence-electron chi connectivity index (χ0n) is 22.9. The van der Waals surface area contributed by atoms with E-state index in [2.05, 4.69) is 5.32 Å². The zero-order chi connectivity index (χ0) is 29.6. The fraction of sp³-hybridized carbons (Fsp3) is 0.333. The molecule has 1 saturated carbocycles. The maximum Gasteiger partial charge on any atom is 0.264 e. The molecule has 11 heteroatoms. The van der Waals surface area contributed by atoms with Gasteiger partial charge in [-0.1, -0.05) is 72.4 Å². The molecule has 4 rings (SSSR count). The van der Waals surface area contributed by atoms with Crippen molar-refractivity contribution in [3.8, 4) is 5.75 Å². The van der Waals surface area contributed by atoms with Crippen LogP contribution in [0.15, 0.2) is 77.7 Å². The Balaban J connectivity index is 1.74. The Bertz CT molecular complexity index is 1460. The van der Waals surface area contributed by atoms with Crippen molar-refractivity contribution in [1.29, 1.82) is 0 Å². The normalized spacial score (nSPS) is 14.3. The number of halogens is 2. The van der Waals surface area contributed by atoms with Crippen LogP contribution in [0.2, 0.25) is 10.0 Å². The van der Waals surface area contributed by atoms with Gasteiger partial charge in [0.1, 0.15) is 18.3 Å². The Kier molecular flexibility index (Phi) is 10.2. The van der Waals surface area contributed by atoms with Crippen LogP contribution in [0.5, 0.6) is 5.75 Å². The number of sulfonamides is 1. The van der Waals surface area contributed by atoms with Gasteiger partial charge in [-0.3, -0.25) is 13.9 Å². The van der Waals surface area contributed by atoms with E-state index in [9.17, 15) is 18.0 Å². The number of amides is 2. The Morgan fingerprint density at radius 2 is 1.56 bits per heavy atom. The largest absolute Gasteiger partial charge is 0.495 e. The van der Waals surface area contributed by atoms with Gasteiger partial charge in [0.05, 0.1) is 17.7 Å². The van der Waals surface area contributed by atoms with Crippen LogP contribution in [0.4, 0.5) is 5.69 Å². The first-order valence-electron chi connectivity index (χ1n) is 13.4. The summed E-state index contributed by atoms with van der Waals surface area (Å²) in [5.41, 5.74) is 0.644. The molecule has 0 radical (unpaired) electrons. The standard InChI is InChI=1S/C30H33Cl2N3O5S/c1-21(30(37)33-22-11-6-7-12-22)34(19-24-25(31)15-10-16-26(24)32)29(36)20-35(27-17-8-9-18-28(27)40-2)41(38,39)23-13-4-3-5-14-23/h3-5,8-10,13-18,21-22H,6-7,11-12,19-20H2,1-2H3,(H,33,37). The molecule has 0 aromatic heterocycles. The summed E-state index contributed by atoms with van der Waals surface area (Å²) in [6.07, 6.45) is 3.81. The highest BCUT2D eigenvalue weighted by Crippen LogP contribution is 2.33. The van der Waals surface area contributed by atoms with E-state index in [1.807, 2.05) is 0 Å². The van der Waals surface area contributed by atoms with Gasteiger partial charge in [-0.05, 0) is 56.2 Å². The number of nitrogens with one attached hydrogen (secondary N) is 1. The van der Waals surface area contributed by atoms with E-state index in [1.165, 1.54) is 24.1 Å². The molecule has 1 aliphatic carbocycles. The van der Waals surface area contributed by atoms with Crippen LogP contribution in [0.3, 0.4) is 0 Å². The van der Waals surface area contributed by atoms with E-state index in [0.717, 1.165) is 30.0 Å². The van der Waals surface area contributed by atoms with Gasteiger partial charge in [0.25, 0.3) is 10.0 Å². The lowest BCUT2D eigenvalue weighted by Crippen LogP contribution is -2.52. The number of rotatable bonds is 11. The molecule has 3 aromatic carbocycles. The predicted molar refractivity (Wildman–Crippen MR) is 161 cm³/mol. The molecule has 2 amide bonds. The van der Waals surface area contributed by atoms with E-state index >= 15 is 0 Å². The lowest BCUT2D eigenvalue weighted by atomic mass is 10.1. The highest BCUT2D eigenvalue weighted by Gasteiger charge is 2.34. The van der Waals surface area contributed by atoms with E-state index in [4.69, 9.17) is 27.9 Å². The summed E-state index contributed by atoms with van der Waals surface area (Å²) in [6.45, 7) is 0.925. The van der Waals surface area contributed by atoms with Crippen LogP contribution in [-0.4, -0.2) is 50.9 Å². The van der Waals surface area contributed by atoms with Crippen molar-refractivity contribution < 1.29 is 22.7 Å². The first-order chi connectivity index (χ1) is 19.6. The average Bonchev–Trinajstić information content (AvgIpc) is 3.48. The summed E-state index contributed by atoms with van der Waals surface area (Å²) in [5.74, 6) is -0.670. The minimum absolute atomic E-state index is 0.00595. The second-order valence-corrected chi connectivity index (χ2v) is 12.6. The maximum atomic E-state index is 14.1. The molecule has 3 aromatic rings. The molecular weight excluding hydrogens is 585 g/mol. The van der Waals surface area contributed by atoms with E-state index in [1.54, 1.807) is 67.6 Å². The van der Waals surface area contributed by atoms with Crippen LogP contribution in [0, 0.1) is 0 Å². The molecule has 1 atom stereocenters. The first kappa shape index (κ1) is 30.7. The van der Waals surface area contributed by atoms with Crippen LogP contribution in [-0.2, 0) is 26.2 Å². The number of carbonyl (C=O) groups excluding carboxylic acids is 2. The molecule has 0 heterocycles. The molecule has 1 N–H and O–H groups in total. The van der Waals surface area contributed by atoms with Crippen LogP contribution >= 0.6 is 23.2 Å². The molecule has 41 heavy (non-hydrogen) atoms. The maximum absolute atomic E-state index is 14.1. The minimum Gasteiger partial charge on any atom is -0.495 e. The van der Waals surface area contributed by atoms with Gasteiger partial charge in [0, 0.05) is 28.2 Å². The van der Waals surface area contributed by atoms with Crippen molar-refractivity contribution in [2.75, 3.05) is 18.0 Å². The number of nitrogens with zero attached hydrogens (tertiary/aromatic N) is 2. The number of ether oxygens (including phenoxy) is 1. The third kappa shape index (κ3) is 7.15. The molecular formula is C30H33Cl2N3O5S. The molecule has 0 saturated heterocycles. The third-order valence-corrected chi connectivity index (χ3v) is 9.71.